The van der Waals surface area contributed by atoms with Crippen LogP contribution >= 0.6 is 11.8 Å². The Morgan fingerprint density at radius 2 is 1.21 bits per heavy atom. The molecule has 0 bridgehead atoms. The van der Waals surface area contributed by atoms with E-state index in [2.05, 4.69) is 31.9 Å². The summed E-state index contributed by atoms with van der Waals surface area (Å²) in [6, 6.07) is -5.55. The number of aliphatic carboxylic acids is 1. The van der Waals surface area contributed by atoms with Gasteiger partial charge in [-0.15, -0.1) is 0 Å². The van der Waals surface area contributed by atoms with E-state index in [0.29, 0.717) is 5.75 Å². The van der Waals surface area contributed by atoms with Gasteiger partial charge in [0, 0.05) is 0 Å². The Hall–Kier alpha value is -3.48. The number of thioether (sulfide) groups is 1. The summed E-state index contributed by atoms with van der Waals surface area (Å²) in [5.41, 5.74) is 5.09. The molecule has 0 rings (SSSR count). The molecule has 0 spiro atoms. The van der Waals surface area contributed by atoms with Gasteiger partial charge >= 0.3 is 5.97 Å². The Kier molecular flexibility index (Phi) is 17.0. The molecule has 18 heteroatoms. The van der Waals surface area contributed by atoms with Crippen LogP contribution in [0.3, 0.4) is 0 Å². The zero-order chi connectivity index (χ0) is 29.3. The van der Waals surface area contributed by atoms with Crippen molar-refractivity contribution < 1.29 is 48.9 Å². The zero-order valence-electron chi connectivity index (χ0n) is 20.9. The topological polar surface area (TPSA) is 278 Å². The molecule has 0 aromatic carbocycles. The van der Waals surface area contributed by atoms with Gasteiger partial charge < -0.3 is 53.0 Å². The third kappa shape index (κ3) is 13.7. The fourth-order valence-electron chi connectivity index (χ4n) is 2.55. The van der Waals surface area contributed by atoms with Crippen LogP contribution in [0.2, 0.25) is 0 Å². The fraction of sp³-hybridized carbons (Fsp3) is 0.650. The monoisotopic (exact) mass is 565 g/mol. The summed E-state index contributed by atoms with van der Waals surface area (Å²) in [5.74, 6) is -5.88. The van der Waals surface area contributed by atoms with Crippen LogP contribution in [-0.4, -0.2) is 126 Å². The standard InChI is InChI=1S/C20H35N7O10S/c1-10(20(36)37)24-18(34)13(9-29)27-17(33)11(3-4-38-2)26-19(35)12(8-28)25-16(32)7-23-15(31)6-22-14(30)5-21/h10-13,28-29H,3-9,21H2,1-2H3,(H,22,30)(H,23,31)(H,24,34)(H,25,32)(H,26,35)(H,27,33)(H,36,37)/t10-,11-,12-,13-/m0/s1. The fourth-order valence-corrected chi connectivity index (χ4v) is 3.02. The number of carboxylic acids is 1. The van der Waals surface area contributed by atoms with Crippen molar-refractivity contribution in [1.82, 2.24) is 31.9 Å². The van der Waals surface area contributed by atoms with E-state index in [4.69, 9.17) is 10.8 Å². The highest BCUT2D eigenvalue weighted by atomic mass is 32.2. The first-order chi connectivity index (χ1) is 17.9. The maximum atomic E-state index is 12.7. The largest absolute Gasteiger partial charge is 0.480 e. The number of aliphatic hydroxyl groups excluding tert-OH is 2. The number of nitrogens with one attached hydrogen (secondary N) is 6. The van der Waals surface area contributed by atoms with Crippen molar-refractivity contribution in [3.8, 4) is 0 Å². The quantitative estimate of drug-likeness (QED) is 0.0743. The van der Waals surface area contributed by atoms with Gasteiger partial charge in [0.15, 0.2) is 0 Å². The van der Waals surface area contributed by atoms with E-state index in [1.807, 2.05) is 0 Å². The van der Waals surface area contributed by atoms with Crippen molar-refractivity contribution in [2.45, 2.75) is 37.5 Å². The molecule has 0 aromatic heterocycles. The number of rotatable bonds is 18. The molecule has 11 N–H and O–H groups in total. The van der Waals surface area contributed by atoms with Gasteiger partial charge in [0.1, 0.15) is 24.2 Å². The molecule has 0 heterocycles. The van der Waals surface area contributed by atoms with E-state index >= 15 is 0 Å². The lowest BCUT2D eigenvalue weighted by Crippen LogP contribution is -2.59. The molecule has 0 aliphatic heterocycles. The van der Waals surface area contributed by atoms with E-state index in [0.717, 1.165) is 0 Å². The minimum absolute atomic E-state index is 0.0701. The lowest BCUT2D eigenvalue weighted by atomic mass is 10.1. The van der Waals surface area contributed by atoms with Crippen LogP contribution < -0.4 is 37.6 Å². The number of carbonyl (C=O) groups is 7. The molecule has 0 radical (unpaired) electrons. The molecule has 0 fully saturated rings. The molecular weight excluding hydrogens is 530 g/mol. The smallest absolute Gasteiger partial charge is 0.325 e. The first-order valence-electron chi connectivity index (χ1n) is 11.3. The summed E-state index contributed by atoms with van der Waals surface area (Å²) in [4.78, 5) is 83.2. The van der Waals surface area contributed by atoms with Crippen LogP contribution in [0.15, 0.2) is 0 Å². The first-order valence-corrected chi connectivity index (χ1v) is 12.7. The predicted octanol–water partition coefficient (Wildman–Crippen LogP) is -6.04. The van der Waals surface area contributed by atoms with Gasteiger partial charge in [-0.1, -0.05) is 0 Å². The van der Waals surface area contributed by atoms with Crippen molar-refractivity contribution in [2.24, 2.45) is 5.73 Å². The van der Waals surface area contributed by atoms with E-state index in [9.17, 15) is 43.8 Å². The maximum Gasteiger partial charge on any atom is 0.325 e. The van der Waals surface area contributed by atoms with Gasteiger partial charge in [-0.05, 0) is 25.4 Å². The van der Waals surface area contributed by atoms with E-state index in [1.165, 1.54) is 18.7 Å². The molecule has 0 saturated carbocycles. The molecule has 0 aliphatic rings. The molecule has 0 aliphatic carbocycles. The van der Waals surface area contributed by atoms with Crippen molar-refractivity contribution in [3.63, 3.8) is 0 Å². The molecule has 38 heavy (non-hydrogen) atoms. The number of hydrogen-bond acceptors (Lipinski definition) is 11. The molecule has 216 valence electrons. The maximum absolute atomic E-state index is 12.7. The highest BCUT2D eigenvalue weighted by Gasteiger charge is 2.30. The van der Waals surface area contributed by atoms with Gasteiger partial charge in [-0.25, -0.2) is 0 Å². The number of carboxylic acid groups (broad SMARTS) is 1. The Balaban J connectivity index is 5.10. The molecular formula is C20H35N7O10S. The van der Waals surface area contributed by atoms with Gasteiger partial charge in [0.05, 0.1) is 32.8 Å². The summed E-state index contributed by atoms with van der Waals surface area (Å²) >= 11 is 1.34. The summed E-state index contributed by atoms with van der Waals surface area (Å²) in [7, 11) is 0. The Bertz CT molecular complexity index is 860. The Morgan fingerprint density at radius 3 is 1.74 bits per heavy atom. The summed E-state index contributed by atoms with van der Waals surface area (Å²) in [6.45, 7) is -1.86. The number of amides is 6. The predicted molar refractivity (Wildman–Crippen MR) is 133 cm³/mol. The molecule has 0 unspecified atom stereocenters. The van der Waals surface area contributed by atoms with Gasteiger partial charge in [-0.2, -0.15) is 11.8 Å². The van der Waals surface area contributed by atoms with Crippen LogP contribution in [0.4, 0.5) is 0 Å². The molecule has 17 nitrogen and oxygen atoms in total. The summed E-state index contributed by atoms with van der Waals surface area (Å²) < 4.78 is 0. The van der Waals surface area contributed by atoms with Crippen LogP contribution in [0.1, 0.15) is 13.3 Å². The molecule has 0 saturated heterocycles. The molecule has 6 amide bonds. The van der Waals surface area contributed by atoms with Crippen molar-refractivity contribution >= 4 is 53.2 Å². The Labute approximate surface area is 222 Å². The number of aliphatic hydroxyl groups is 2. The highest BCUT2D eigenvalue weighted by Crippen LogP contribution is 2.03. The Morgan fingerprint density at radius 1 is 0.737 bits per heavy atom. The third-order valence-corrected chi connectivity index (χ3v) is 5.34. The lowest BCUT2D eigenvalue weighted by Gasteiger charge is -2.24. The third-order valence-electron chi connectivity index (χ3n) is 4.70. The lowest BCUT2D eigenvalue weighted by molar-refractivity contribution is -0.142. The minimum Gasteiger partial charge on any atom is -0.480 e. The van der Waals surface area contributed by atoms with Crippen LogP contribution in [-0.2, 0) is 33.6 Å². The average molecular weight is 566 g/mol. The summed E-state index contributed by atoms with van der Waals surface area (Å²) in [5, 5.41) is 41.2. The first kappa shape index (κ1) is 34.5. The second-order valence-corrected chi connectivity index (χ2v) is 8.70. The second-order valence-electron chi connectivity index (χ2n) is 7.72. The number of hydrogen-bond donors (Lipinski definition) is 10. The molecule has 0 aromatic rings. The van der Waals surface area contributed by atoms with Crippen molar-refractivity contribution in [3.05, 3.63) is 0 Å². The van der Waals surface area contributed by atoms with Crippen molar-refractivity contribution in [1.29, 1.82) is 0 Å². The SMILES string of the molecule is CSCC[C@H](NC(=O)[C@H](CO)NC(=O)CNC(=O)CNC(=O)CN)C(=O)N[C@@H](CO)C(=O)N[C@@H](C)C(=O)O. The zero-order valence-corrected chi connectivity index (χ0v) is 21.8. The van der Waals surface area contributed by atoms with Gasteiger partial charge in [0.2, 0.25) is 35.4 Å². The van der Waals surface area contributed by atoms with Crippen LogP contribution in [0.5, 0.6) is 0 Å². The van der Waals surface area contributed by atoms with Gasteiger partial charge in [0.25, 0.3) is 0 Å². The van der Waals surface area contributed by atoms with Crippen LogP contribution in [0.25, 0.3) is 0 Å². The average Bonchev–Trinajstić information content (AvgIpc) is 2.89. The van der Waals surface area contributed by atoms with E-state index in [1.54, 1.807) is 6.26 Å². The second kappa shape index (κ2) is 18.7. The number of carbonyl (C=O) groups excluding carboxylic acids is 6. The van der Waals surface area contributed by atoms with Gasteiger partial charge in [-0.3, -0.25) is 33.6 Å². The molecule has 4 atom stereocenters. The van der Waals surface area contributed by atoms with Crippen LogP contribution in [0, 0.1) is 0 Å². The highest BCUT2D eigenvalue weighted by molar-refractivity contribution is 7.98. The minimum atomic E-state index is -1.51. The van der Waals surface area contributed by atoms with E-state index in [-0.39, 0.29) is 13.0 Å². The van der Waals surface area contributed by atoms with E-state index < -0.39 is 91.9 Å². The summed E-state index contributed by atoms with van der Waals surface area (Å²) in [6.07, 6.45) is 1.81. The van der Waals surface area contributed by atoms with Crippen molar-refractivity contribution in [2.75, 3.05) is 44.9 Å². The number of nitrogens with two attached hydrogens (primary N) is 1. The normalized spacial score (nSPS) is 13.6.